The molecule has 5 nitrogen and oxygen atoms in total. The molecule has 0 saturated heterocycles. The lowest BCUT2D eigenvalue weighted by Gasteiger charge is -2.13. The van der Waals surface area contributed by atoms with Gasteiger partial charge in [0.2, 0.25) is 0 Å². The monoisotopic (exact) mass is 233 g/mol. The highest BCUT2D eigenvalue weighted by Crippen LogP contribution is 2.17. The Morgan fingerprint density at radius 1 is 1.53 bits per heavy atom. The molecule has 2 amide bonds. The molecule has 2 N–H and O–H groups in total. The van der Waals surface area contributed by atoms with Crippen molar-refractivity contribution in [2.24, 2.45) is 5.73 Å². The molecule has 0 saturated carbocycles. The fraction of sp³-hybridized carbons (Fsp3) is 0.333. The van der Waals surface area contributed by atoms with Crippen LogP contribution in [0.4, 0.5) is 4.79 Å². The topological polar surface area (TPSA) is 72.4 Å². The van der Waals surface area contributed by atoms with E-state index in [4.69, 9.17) is 10.2 Å². The van der Waals surface area contributed by atoms with Gasteiger partial charge in [-0.2, -0.15) is 0 Å². The van der Waals surface area contributed by atoms with Crippen LogP contribution < -0.4 is 5.73 Å². The van der Waals surface area contributed by atoms with Gasteiger partial charge in [-0.15, -0.1) is 0 Å². The number of nitrogens with zero attached hydrogens (tertiary/aromatic N) is 2. The van der Waals surface area contributed by atoms with Crippen LogP contribution in [-0.4, -0.2) is 29.5 Å². The molecule has 0 aliphatic rings. The number of nitrogens with two attached hydrogens (primary N) is 1. The standard InChI is InChI=1S/C12H15N3O2/c1-8-14-10-7-9(3-4-11(10)17-8)5-6-15(2)12(13)16/h3-4,7H,5-6H2,1-2H3,(H2,13,16). The smallest absolute Gasteiger partial charge is 0.314 e. The predicted octanol–water partition coefficient (Wildman–Crippen LogP) is 1.69. The third kappa shape index (κ3) is 2.55. The number of aromatic nitrogens is 1. The fourth-order valence-corrected chi connectivity index (χ4v) is 1.65. The largest absolute Gasteiger partial charge is 0.441 e. The molecule has 90 valence electrons. The number of hydrogen-bond acceptors (Lipinski definition) is 3. The van der Waals surface area contributed by atoms with Crippen molar-refractivity contribution in [2.75, 3.05) is 13.6 Å². The first kappa shape index (κ1) is 11.4. The third-order valence-corrected chi connectivity index (χ3v) is 2.67. The maximum absolute atomic E-state index is 10.9. The van der Waals surface area contributed by atoms with Gasteiger partial charge in [0.25, 0.3) is 0 Å². The molecule has 0 bridgehead atoms. The van der Waals surface area contributed by atoms with Crippen LogP contribution in [0.5, 0.6) is 0 Å². The number of oxazole rings is 1. The highest BCUT2D eigenvalue weighted by Gasteiger charge is 2.06. The second kappa shape index (κ2) is 4.45. The summed E-state index contributed by atoms with van der Waals surface area (Å²) in [4.78, 5) is 16.6. The number of likely N-dealkylation sites (N-methyl/N-ethyl adjacent to an activating group) is 1. The van der Waals surface area contributed by atoms with Gasteiger partial charge in [-0.25, -0.2) is 9.78 Å². The van der Waals surface area contributed by atoms with Gasteiger partial charge in [-0.05, 0) is 24.1 Å². The van der Waals surface area contributed by atoms with Crippen LogP contribution in [0, 0.1) is 6.92 Å². The Hall–Kier alpha value is -2.04. The van der Waals surface area contributed by atoms with E-state index in [1.54, 1.807) is 7.05 Å². The van der Waals surface area contributed by atoms with Crippen molar-refractivity contribution in [1.29, 1.82) is 0 Å². The van der Waals surface area contributed by atoms with Crippen molar-refractivity contribution in [1.82, 2.24) is 9.88 Å². The summed E-state index contributed by atoms with van der Waals surface area (Å²) in [6.45, 7) is 2.41. The molecule has 0 atom stereocenters. The van der Waals surface area contributed by atoms with E-state index in [9.17, 15) is 4.79 Å². The average Bonchev–Trinajstić information content (AvgIpc) is 2.64. The van der Waals surface area contributed by atoms with Crippen LogP contribution in [-0.2, 0) is 6.42 Å². The van der Waals surface area contributed by atoms with Gasteiger partial charge in [0, 0.05) is 20.5 Å². The zero-order valence-corrected chi connectivity index (χ0v) is 9.93. The summed E-state index contributed by atoms with van der Waals surface area (Å²) >= 11 is 0. The van der Waals surface area contributed by atoms with E-state index in [-0.39, 0.29) is 0 Å². The van der Waals surface area contributed by atoms with Gasteiger partial charge in [0.15, 0.2) is 11.5 Å². The number of rotatable bonds is 3. The van der Waals surface area contributed by atoms with Crippen molar-refractivity contribution in [3.05, 3.63) is 29.7 Å². The Bertz CT molecular complexity index is 548. The van der Waals surface area contributed by atoms with Crippen molar-refractivity contribution in [2.45, 2.75) is 13.3 Å². The number of aryl methyl sites for hydroxylation is 1. The highest BCUT2D eigenvalue weighted by atomic mass is 16.3. The quantitative estimate of drug-likeness (QED) is 0.876. The predicted molar refractivity (Wildman–Crippen MR) is 64.7 cm³/mol. The molecule has 1 heterocycles. The summed E-state index contributed by atoms with van der Waals surface area (Å²) in [5.74, 6) is 0.659. The van der Waals surface area contributed by atoms with E-state index in [1.165, 1.54) is 4.90 Å². The Kier molecular flexibility index (Phi) is 2.99. The van der Waals surface area contributed by atoms with E-state index in [0.29, 0.717) is 12.4 Å². The first-order chi connectivity index (χ1) is 8.06. The lowest BCUT2D eigenvalue weighted by atomic mass is 10.1. The molecule has 1 aromatic carbocycles. The molecule has 0 radical (unpaired) electrons. The van der Waals surface area contributed by atoms with Crippen LogP contribution in [0.15, 0.2) is 22.6 Å². The maximum atomic E-state index is 10.9. The first-order valence-corrected chi connectivity index (χ1v) is 5.43. The van der Waals surface area contributed by atoms with Crippen LogP contribution >= 0.6 is 0 Å². The van der Waals surface area contributed by atoms with E-state index in [1.807, 2.05) is 25.1 Å². The molecule has 5 heteroatoms. The Balaban J connectivity index is 2.11. The zero-order valence-electron chi connectivity index (χ0n) is 9.93. The minimum Gasteiger partial charge on any atom is -0.441 e. The number of amides is 2. The second-order valence-corrected chi connectivity index (χ2v) is 4.04. The molecule has 0 fully saturated rings. The van der Waals surface area contributed by atoms with Crippen molar-refractivity contribution >= 4 is 17.1 Å². The average molecular weight is 233 g/mol. The number of fused-ring (bicyclic) bond motifs is 1. The van der Waals surface area contributed by atoms with E-state index in [0.717, 1.165) is 23.1 Å². The molecule has 1 aromatic heterocycles. The van der Waals surface area contributed by atoms with E-state index >= 15 is 0 Å². The fourth-order valence-electron chi connectivity index (χ4n) is 1.65. The number of urea groups is 1. The van der Waals surface area contributed by atoms with Gasteiger partial charge in [-0.3, -0.25) is 0 Å². The molecule has 0 aliphatic heterocycles. The van der Waals surface area contributed by atoms with Crippen molar-refractivity contribution in [3.63, 3.8) is 0 Å². The molecule has 0 aliphatic carbocycles. The van der Waals surface area contributed by atoms with E-state index < -0.39 is 6.03 Å². The Morgan fingerprint density at radius 2 is 2.29 bits per heavy atom. The van der Waals surface area contributed by atoms with Crippen molar-refractivity contribution in [3.8, 4) is 0 Å². The molecule has 0 spiro atoms. The maximum Gasteiger partial charge on any atom is 0.314 e. The van der Waals surface area contributed by atoms with Gasteiger partial charge in [0.1, 0.15) is 5.52 Å². The molecule has 2 aromatic rings. The third-order valence-electron chi connectivity index (χ3n) is 2.67. The summed E-state index contributed by atoms with van der Waals surface area (Å²) in [5, 5.41) is 0. The minimum atomic E-state index is -0.414. The number of carbonyl (C=O) groups excluding carboxylic acids is 1. The molecule has 17 heavy (non-hydrogen) atoms. The number of primary amides is 1. The highest BCUT2D eigenvalue weighted by molar-refractivity contribution is 5.73. The summed E-state index contributed by atoms with van der Waals surface area (Å²) in [7, 11) is 1.68. The van der Waals surface area contributed by atoms with Gasteiger partial charge >= 0.3 is 6.03 Å². The minimum absolute atomic E-state index is 0.414. The van der Waals surface area contributed by atoms with Gasteiger partial charge in [0.05, 0.1) is 0 Å². The SMILES string of the molecule is Cc1nc2cc(CCN(C)C(N)=O)ccc2o1. The lowest BCUT2D eigenvalue weighted by Crippen LogP contribution is -2.33. The molecule has 2 rings (SSSR count). The second-order valence-electron chi connectivity index (χ2n) is 4.04. The summed E-state index contributed by atoms with van der Waals surface area (Å²) in [6, 6.07) is 5.43. The number of carbonyl (C=O) groups is 1. The zero-order chi connectivity index (χ0) is 12.4. The van der Waals surface area contributed by atoms with Crippen molar-refractivity contribution < 1.29 is 9.21 Å². The normalized spacial score (nSPS) is 10.7. The van der Waals surface area contributed by atoms with Gasteiger partial charge < -0.3 is 15.1 Å². The van der Waals surface area contributed by atoms with Crippen LogP contribution in [0.25, 0.3) is 11.1 Å². The molecular weight excluding hydrogens is 218 g/mol. The van der Waals surface area contributed by atoms with Gasteiger partial charge in [-0.1, -0.05) is 6.07 Å². The van der Waals surface area contributed by atoms with Crippen LogP contribution in [0.3, 0.4) is 0 Å². The van der Waals surface area contributed by atoms with Crippen LogP contribution in [0.1, 0.15) is 11.5 Å². The summed E-state index contributed by atoms with van der Waals surface area (Å²) in [5.41, 5.74) is 7.90. The lowest BCUT2D eigenvalue weighted by molar-refractivity contribution is 0.219. The first-order valence-electron chi connectivity index (χ1n) is 5.43. The number of benzene rings is 1. The molecular formula is C12H15N3O2. The van der Waals surface area contributed by atoms with Crippen LogP contribution in [0.2, 0.25) is 0 Å². The Morgan fingerprint density at radius 3 is 3.00 bits per heavy atom. The van der Waals surface area contributed by atoms with E-state index in [2.05, 4.69) is 4.98 Å². The number of hydrogen-bond donors (Lipinski definition) is 1. The Labute approximate surface area is 99.2 Å². The summed E-state index contributed by atoms with van der Waals surface area (Å²) < 4.78 is 5.39. The molecule has 0 unspecified atom stereocenters. The summed E-state index contributed by atoms with van der Waals surface area (Å²) in [6.07, 6.45) is 0.751.